The fraction of sp³-hybridized carbons (Fsp3) is 0.917. The summed E-state index contributed by atoms with van der Waals surface area (Å²) >= 11 is 0. The summed E-state index contributed by atoms with van der Waals surface area (Å²) < 4.78 is 10.9. The Morgan fingerprint density at radius 1 is 1.50 bits per heavy atom. The molecule has 6 heteroatoms. The zero-order chi connectivity index (χ0) is 12.7. The zero-order valence-electron chi connectivity index (χ0n) is 11.2. The maximum absolute atomic E-state index is 11.5. The highest BCUT2D eigenvalue weighted by Crippen LogP contribution is 2.46. The first-order chi connectivity index (χ1) is 7.80. The van der Waals surface area contributed by atoms with Gasteiger partial charge in [-0.3, -0.25) is 0 Å². The minimum atomic E-state index is -0.459. The number of halogens is 1. The van der Waals surface area contributed by atoms with Crippen LogP contribution in [0, 0.1) is 5.92 Å². The van der Waals surface area contributed by atoms with E-state index < -0.39 is 5.60 Å². The molecule has 3 N–H and O–H groups in total. The maximum Gasteiger partial charge on any atom is 0.407 e. The van der Waals surface area contributed by atoms with Crippen molar-refractivity contribution in [3.05, 3.63) is 0 Å². The van der Waals surface area contributed by atoms with E-state index in [0.29, 0.717) is 19.1 Å². The third kappa shape index (κ3) is 3.49. The van der Waals surface area contributed by atoms with Gasteiger partial charge in [-0.1, -0.05) is 0 Å². The summed E-state index contributed by atoms with van der Waals surface area (Å²) in [5, 5.41) is 2.78. The molecule has 0 aromatic rings. The molecule has 5 nitrogen and oxygen atoms in total. The van der Waals surface area contributed by atoms with Gasteiger partial charge in [-0.25, -0.2) is 4.79 Å². The summed E-state index contributed by atoms with van der Waals surface area (Å²) in [5.41, 5.74) is 5.24. The molecule has 1 saturated carbocycles. The van der Waals surface area contributed by atoms with Crippen LogP contribution in [0.5, 0.6) is 0 Å². The molecular weight excluding hydrogens is 256 g/mol. The first-order valence-electron chi connectivity index (χ1n) is 6.16. The van der Waals surface area contributed by atoms with E-state index in [-0.39, 0.29) is 30.1 Å². The summed E-state index contributed by atoms with van der Waals surface area (Å²) in [5.74, 6) is 0.559. The minimum Gasteiger partial charge on any atom is -0.444 e. The van der Waals surface area contributed by atoms with E-state index in [0.717, 1.165) is 12.8 Å². The molecule has 1 amide bonds. The van der Waals surface area contributed by atoms with Crippen molar-refractivity contribution in [1.82, 2.24) is 5.32 Å². The van der Waals surface area contributed by atoms with E-state index >= 15 is 0 Å². The lowest BCUT2D eigenvalue weighted by Crippen LogP contribution is -2.64. The smallest absolute Gasteiger partial charge is 0.407 e. The number of fused-ring (bicyclic) bond motifs is 2. The van der Waals surface area contributed by atoms with Gasteiger partial charge in [0.05, 0.1) is 12.2 Å². The van der Waals surface area contributed by atoms with Gasteiger partial charge in [0.1, 0.15) is 5.60 Å². The van der Waals surface area contributed by atoms with E-state index in [1.165, 1.54) is 0 Å². The molecule has 18 heavy (non-hydrogen) atoms. The van der Waals surface area contributed by atoms with E-state index in [1.807, 2.05) is 20.8 Å². The fourth-order valence-corrected chi connectivity index (χ4v) is 2.47. The van der Waals surface area contributed by atoms with E-state index in [9.17, 15) is 4.79 Å². The van der Waals surface area contributed by atoms with Crippen LogP contribution in [0.4, 0.5) is 4.79 Å². The van der Waals surface area contributed by atoms with Gasteiger partial charge in [0.2, 0.25) is 0 Å². The number of hydrogen-bond donors (Lipinski definition) is 2. The Morgan fingerprint density at radius 3 is 2.56 bits per heavy atom. The van der Waals surface area contributed by atoms with E-state index in [1.54, 1.807) is 0 Å². The van der Waals surface area contributed by atoms with Crippen molar-refractivity contribution in [2.24, 2.45) is 11.7 Å². The molecule has 2 aliphatic heterocycles. The topological polar surface area (TPSA) is 73.6 Å². The average Bonchev–Trinajstić information content (AvgIpc) is 2.12. The molecule has 0 aromatic heterocycles. The number of carbonyl (C=O) groups is 1. The number of alkyl carbamates (subject to hydrolysis) is 1. The van der Waals surface area contributed by atoms with Crippen molar-refractivity contribution in [2.45, 2.75) is 50.9 Å². The van der Waals surface area contributed by atoms with Crippen LogP contribution in [-0.2, 0) is 9.47 Å². The maximum atomic E-state index is 11.5. The van der Waals surface area contributed by atoms with Crippen molar-refractivity contribution >= 4 is 18.5 Å². The summed E-state index contributed by atoms with van der Waals surface area (Å²) in [4.78, 5) is 11.5. The third-order valence-electron chi connectivity index (χ3n) is 3.41. The lowest BCUT2D eigenvalue weighted by Gasteiger charge is -2.54. The van der Waals surface area contributed by atoms with Gasteiger partial charge < -0.3 is 20.5 Å². The van der Waals surface area contributed by atoms with Crippen molar-refractivity contribution in [3.63, 3.8) is 0 Å². The van der Waals surface area contributed by atoms with Crippen LogP contribution >= 0.6 is 12.4 Å². The van der Waals surface area contributed by atoms with E-state index in [4.69, 9.17) is 15.2 Å². The largest absolute Gasteiger partial charge is 0.444 e. The predicted molar refractivity (Wildman–Crippen MR) is 70.9 cm³/mol. The molecular formula is C12H23ClN2O3. The molecule has 3 fully saturated rings. The van der Waals surface area contributed by atoms with Gasteiger partial charge in [0, 0.05) is 12.6 Å². The Hall–Kier alpha value is -0.520. The lowest BCUT2D eigenvalue weighted by molar-refractivity contribution is -0.183. The Balaban J connectivity index is 0.00000162. The van der Waals surface area contributed by atoms with Crippen molar-refractivity contribution in [1.29, 1.82) is 0 Å². The standard InChI is InChI=1S/C12H22N2O3.ClH/c1-11(2,3)17-10(15)14-7-12-4-8(5-12)9(13)6-16-12;/h8-9H,4-7,13H2,1-3H3,(H,14,15);1H. The molecule has 1 unspecified atom stereocenters. The molecule has 1 aliphatic carbocycles. The molecule has 0 spiro atoms. The van der Waals surface area contributed by atoms with Crippen molar-refractivity contribution in [3.8, 4) is 0 Å². The number of nitrogens with two attached hydrogens (primary N) is 1. The van der Waals surface area contributed by atoms with Crippen molar-refractivity contribution < 1.29 is 14.3 Å². The summed E-state index contributed by atoms with van der Waals surface area (Å²) in [6, 6.07) is 0.165. The van der Waals surface area contributed by atoms with Gasteiger partial charge in [-0.2, -0.15) is 0 Å². The monoisotopic (exact) mass is 278 g/mol. The van der Waals surface area contributed by atoms with Gasteiger partial charge in [0.15, 0.2) is 0 Å². The minimum absolute atomic E-state index is 0. The average molecular weight is 279 g/mol. The number of nitrogens with one attached hydrogen (secondary N) is 1. The first-order valence-corrected chi connectivity index (χ1v) is 6.16. The summed E-state index contributed by atoms with van der Waals surface area (Å²) in [6.45, 7) is 6.66. The third-order valence-corrected chi connectivity index (χ3v) is 3.41. The predicted octanol–water partition coefficient (Wildman–Crippen LogP) is 1.44. The quantitative estimate of drug-likeness (QED) is 0.802. The zero-order valence-corrected chi connectivity index (χ0v) is 12.0. The summed E-state index contributed by atoms with van der Waals surface area (Å²) in [6.07, 6.45) is 1.52. The number of rotatable bonds is 2. The Kier molecular flexibility index (Phi) is 4.51. The highest BCUT2D eigenvalue weighted by Gasteiger charge is 2.51. The van der Waals surface area contributed by atoms with Gasteiger partial charge in [-0.05, 0) is 39.5 Å². The highest BCUT2D eigenvalue weighted by molar-refractivity contribution is 5.85. The molecule has 3 rings (SSSR count). The van der Waals surface area contributed by atoms with Crippen LogP contribution in [0.3, 0.4) is 0 Å². The molecule has 2 saturated heterocycles. The first kappa shape index (κ1) is 15.5. The van der Waals surface area contributed by atoms with Gasteiger partial charge in [0.25, 0.3) is 0 Å². The lowest BCUT2D eigenvalue weighted by atomic mass is 9.65. The number of amides is 1. The number of hydrogen-bond acceptors (Lipinski definition) is 4. The van der Waals surface area contributed by atoms with E-state index in [2.05, 4.69) is 5.32 Å². The second-order valence-electron chi connectivity index (χ2n) is 6.18. The van der Waals surface area contributed by atoms with Crippen LogP contribution in [0.1, 0.15) is 33.6 Å². The summed E-state index contributed by atoms with van der Waals surface area (Å²) in [7, 11) is 0. The normalized spacial score (nSPS) is 34.0. The molecule has 106 valence electrons. The second kappa shape index (κ2) is 5.23. The Morgan fingerprint density at radius 2 is 2.11 bits per heavy atom. The SMILES string of the molecule is CC(C)(C)OC(=O)NCC12CC(C1)C(N)CO2.Cl. The molecule has 1 atom stereocenters. The van der Waals surface area contributed by atoms with Crippen LogP contribution < -0.4 is 11.1 Å². The van der Waals surface area contributed by atoms with Crippen LogP contribution in [0.15, 0.2) is 0 Å². The van der Waals surface area contributed by atoms with Gasteiger partial charge >= 0.3 is 6.09 Å². The second-order valence-corrected chi connectivity index (χ2v) is 6.18. The van der Waals surface area contributed by atoms with Crippen LogP contribution in [0.25, 0.3) is 0 Å². The number of ether oxygens (including phenoxy) is 2. The number of carbonyl (C=O) groups excluding carboxylic acids is 1. The fourth-order valence-electron chi connectivity index (χ4n) is 2.47. The Labute approximate surface area is 114 Å². The molecule has 0 radical (unpaired) electrons. The Bertz CT molecular complexity index is 305. The molecule has 2 bridgehead atoms. The molecule has 2 heterocycles. The van der Waals surface area contributed by atoms with Crippen LogP contribution in [0.2, 0.25) is 0 Å². The van der Waals surface area contributed by atoms with Crippen LogP contribution in [-0.4, -0.2) is 36.5 Å². The van der Waals surface area contributed by atoms with Gasteiger partial charge in [-0.15, -0.1) is 12.4 Å². The molecule has 3 aliphatic rings. The molecule has 0 aromatic carbocycles. The highest BCUT2D eigenvalue weighted by atomic mass is 35.5. The van der Waals surface area contributed by atoms with Crippen molar-refractivity contribution in [2.75, 3.05) is 13.2 Å².